The van der Waals surface area contributed by atoms with Gasteiger partial charge in [-0.15, -0.1) is 0 Å². The number of nitrogen functional groups attached to an aromatic ring is 1. The molecule has 208 valence electrons. The highest BCUT2D eigenvalue weighted by Crippen LogP contribution is 2.27. The predicted molar refractivity (Wildman–Crippen MR) is 158 cm³/mol. The Morgan fingerprint density at radius 2 is 1.73 bits per heavy atom. The standard InChI is InChI=1S/C30H33ClN6O3/c1-17-9-26(32)34-18(2)27(17)36(6)28(38)21-13-23(35-24(14-21)16-37(29(39)40)30(3,4)5)11-19-7-8-25-20(10-19)12-22(31)15-33-25/h7-10,12-15H,11,16H2,1-6H3,(H2,32,34)(H,39,40). The number of aromatic nitrogens is 3. The summed E-state index contributed by atoms with van der Waals surface area (Å²) in [7, 11) is 1.69. The fourth-order valence-electron chi connectivity index (χ4n) is 4.83. The van der Waals surface area contributed by atoms with E-state index in [0.29, 0.717) is 45.6 Å². The number of rotatable bonds is 6. The highest BCUT2D eigenvalue weighted by molar-refractivity contribution is 6.31. The minimum atomic E-state index is -1.07. The molecule has 3 heterocycles. The van der Waals surface area contributed by atoms with Crippen molar-refractivity contribution >= 4 is 46.0 Å². The molecule has 0 unspecified atom stereocenters. The normalized spacial score (nSPS) is 11.5. The molecule has 10 heteroatoms. The number of carboxylic acid groups (broad SMARTS) is 1. The fourth-order valence-corrected chi connectivity index (χ4v) is 4.99. The maximum Gasteiger partial charge on any atom is 0.408 e. The molecule has 0 saturated carbocycles. The van der Waals surface area contributed by atoms with Crippen LogP contribution in [0.1, 0.15) is 59.3 Å². The molecule has 0 bridgehead atoms. The molecule has 0 aliphatic heterocycles. The number of pyridine rings is 3. The van der Waals surface area contributed by atoms with Crippen LogP contribution in [0, 0.1) is 13.8 Å². The van der Waals surface area contributed by atoms with Gasteiger partial charge in [0.15, 0.2) is 0 Å². The van der Waals surface area contributed by atoms with Crippen LogP contribution in [0.5, 0.6) is 0 Å². The van der Waals surface area contributed by atoms with Gasteiger partial charge in [-0.25, -0.2) is 9.78 Å². The van der Waals surface area contributed by atoms with Crippen LogP contribution in [0.25, 0.3) is 10.9 Å². The van der Waals surface area contributed by atoms with Gasteiger partial charge in [-0.1, -0.05) is 17.7 Å². The summed E-state index contributed by atoms with van der Waals surface area (Å²) in [5, 5.41) is 11.3. The summed E-state index contributed by atoms with van der Waals surface area (Å²) >= 11 is 6.15. The third-order valence-corrected chi connectivity index (χ3v) is 6.86. The van der Waals surface area contributed by atoms with Gasteiger partial charge in [0.05, 0.1) is 34.2 Å². The van der Waals surface area contributed by atoms with Crippen molar-refractivity contribution in [3.05, 3.63) is 87.5 Å². The van der Waals surface area contributed by atoms with Crippen molar-refractivity contribution in [1.82, 2.24) is 19.9 Å². The monoisotopic (exact) mass is 560 g/mol. The molecule has 2 amide bonds. The topological polar surface area (TPSA) is 126 Å². The third-order valence-electron chi connectivity index (χ3n) is 6.65. The average Bonchev–Trinajstić information content (AvgIpc) is 2.85. The zero-order chi connectivity index (χ0) is 29.4. The Balaban J connectivity index is 1.77. The van der Waals surface area contributed by atoms with Crippen LogP contribution in [-0.4, -0.2) is 49.5 Å². The van der Waals surface area contributed by atoms with Crippen molar-refractivity contribution in [3.8, 4) is 0 Å². The smallest absolute Gasteiger partial charge is 0.408 e. The second kappa shape index (κ2) is 11.1. The van der Waals surface area contributed by atoms with Crippen molar-refractivity contribution in [2.24, 2.45) is 0 Å². The van der Waals surface area contributed by atoms with Crippen LogP contribution in [0.2, 0.25) is 5.02 Å². The molecule has 0 aliphatic rings. The van der Waals surface area contributed by atoms with E-state index in [0.717, 1.165) is 22.0 Å². The third kappa shape index (κ3) is 6.31. The summed E-state index contributed by atoms with van der Waals surface area (Å²) in [6, 6.07) is 12.8. The Morgan fingerprint density at radius 3 is 2.38 bits per heavy atom. The van der Waals surface area contributed by atoms with Crippen molar-refractivity contribution in [3.63, 3.8) is 0 Å². The molecule has 0 aliphatic carbocycles. The van der Waals surface area contributed by atoms with Crippen LogP contribution in [0.3, 0.4) is 0 Å². The van der Waals surface area contributed by atoms with Gasteiger partial charge in [0.2, 0.25) is 0 Å². The quantitative estimate of drug-likeness (QED) is 0.295. The van der Waals surface area contributed by atoms with Crippen LogP contribution >= 0.6 is 11.6 Å². The molecule has 0 radical (unpaired) electrons. The molecule has 0 saturated heterocycles. The van der Waals surface area contributed by atoms with Crippen LogP contribution < -0.4 is 10.6 Å². The first-order valence-electron chi connectivity index (χ1n) is 12.8. The van der Waals surface area contributed by atoms with E-state index < -0.39 is 11.6 Å². The number of anilines is 2. The van der Waals surface area contributed by atoms with E-state index in [9.17, 15) is 14.7 Å². The van der Waals surface area contributed by atoms with Gasteiger partial charge >= 0.3 is 6.09 Å². The summed E-state index contributed by atoms with van der Waals surface area (Å²) in [5.41, 5.74) is 10.6. The Morgan fingerprint density at radius 1 is 1.02 bits per heavy atom. The summed E-state index contributed by atoms with van der Waals surface area (Å²) in [6.07, 6.45) is 0.958. The summed E-state index contributed by atoms with van der Waals surface area (Å²) in [6.45, 7) is 9.16. The van der Waals surface area contributed by atoms with E-state index in [1.807, 2.05) is 52.0 Å². The lowest BCUT2D eigenvalue weighted by Crippen LogP contribution is -2.44. The predicted octanol–water partition coefficient (Wildman–Crippen LogP) is 6.02. The Hall–Kier alpha value is -4.24. The Labute approximate surface area is 238 Å². The van der Waals surface area contributed by atoms with Crippen molar-refractivity contribution < 1.29 is 14.7 Å². The molecular weight excluding hydrogens is 528 g/mol. The van der Waals surface area contributed by atoms with E-state index in [-0.39, 0.29) is 12.5 Å². The van der Waals surface area contributed by atoms with E-state index in [2.05, 4.69) is 9.97 Å². The number of benzene rings is 1. The van der Waals surface area contributed by atoms with Gasteiger partial charge in [0.1, 0.15) is 5.82 Å². The molecule has 0 atom stereocenters. The van der Waals surface area contributed by atoms with E-state index in [4.69, 9.17) is 22.3 Å². The van der Waals surface area contributed by atoms with Crippen LogP contribution in [0.4, 0.5) is 16.3 Å². The van der Waals surface area contributed by atoms with E-state index in [1.54, 1.807) is 43.3 Å². The number of halogens is 1. The summed E-state index contributed by atoms with van der Waals surface area (Å²) in [4.78, 5) is 42.2. The first-order valence-corrected chi connectivity index (χ1v) is 13.2. The fraction of sp³-hybridized carbons (Fsp3) is 0.300. The number of nitrogens with zero attached hydrogens (tertiary/aromatic N) is 5. The number of carbonyl (C=O) groups excluding carboxylic acids is 1. The van der Waals surface area contributed by atoms with Gasteiger partial charge in [0, 0.05) is 41.8 Å². The second-order valence-corrected chi connectivity index (χ2v) is 11.3. The number of hydrogen-bond donors (Lipinski definition) is 2. The molecule has 9 nitrogen and oxygen atoms in total. The van der Waals surface area contributed by atoms with Gasteiger partial charge in [-0.3, -0.25) is 19.7 Å². The first-order chi connectivity index (χ1) is 18.7. The number of fused-ring (bicyclic) bond motifs is 1. The molecular formula is C30H33ClN6O3. The van der Waals surface area contributed by atoms with E-state index >= 15 is 0 Å². The molecule has 0 spiro atoms. The summed E-state index contributed by atoms with van der Waals surface area (Å²) in [5.74, 6) is 0.116. The van der Waals surface area contributed by atoms with E-state index in [1.165, 1.54) is 4.90 Å². The number of carbonyl (C=O) groups is 2. The Kier molecular flexibility index (Phi) is 7.98. The molecule has 3 aromatic heterocycles. The largest absolute Gasteiger partial charge is 0.465 e. The molecule has 40 heavy (non-hydrogen) atoms. The lowest BCUT2D eigenvalue weighted by Gasteiger charge is -2.33. The SMILES string of the molecule is Cc1cc(N)nc(C)c1N(C)C(=O)c1cc(Cc2ccc3ncc(Cl)cc3c2)nc(CN(C(=O)O)C(C)(C)C)c1. The number of amides is 2. The minimum Gasteiger partial charge on any atom is -0.465 e. The van der Waals surface area contributed by atoms with Crippen LogP contribution in [0.15, 0.2) is 48.7 Å². The number of aryl methyl sites for hydroxylation is 2. The van der Waals surface area contributed by atoms with Gasteiger partial charge in [-0.2, -0.15) is 0 Å². The summed E-state index contributed by atoms with van der Waals surface area (Å²) < 4.78 is 0. The zero-order valence-electron chi connectivity index (χ0n) is 23.5. The zero-order valence-corrected chi connectivity index (χ0v) is 24.2. The molecule has 4 rings (SSSR count). The van der Waals surface area contributed by atoms with Crippen LogP contribution in [-0.2, 0) is 13.0 Å². The van der Waals surface area contributed by atoms with Gasteiger partial charge in [0.25, 0.3) is 5.91 Å². The average molecular weight is 561 g/mol. The highest BCUT2D eigenvalue weighted by Gasteiger charge is 2.28. The maximum absolute atomic E-state index is 13.8. The number of nitrogens with two attached hydrogens (primary N) is 1. The van der Waals surface area contributed by atoms with Gasteiger partial charge < -0.3 is 15.7 Å². The molecule has 3 N–H and O–H groups in total. The molecule has 0 fully saturated rings. The first kappa shape index (κ1) is 28.8. The highest BCUT2D eigenvalue weighted by atomic mass is 35.5. The maximum atomic E-state index is 13.8. The lowest BCUT2D eigenvalue weighted by atomic mass is 10.0. The molecule has 4 aromatic rings. The number of hydrogen-bond acceptors (Lipinski definition) is 6. The van der Waals surface area contributed by atoms with Gasteiger partial charge in [-0.05, 0) is 82.1 Å². The molecule has 1 aromatic carbocycles. The lowest BCUT2D eigenvalue weighted by molar-refractivity contribution is 0.0946. The van der Waals surface area contributed by atoms with Crippen molar-refractivity contribution in [2.45, 2.75) is 53.1 Å². The van der Waals surface area contributed by atoms with Crippen molar-refractivity contribution in [2.75, 3.05) is 17.7 Å². The second-order valence-electron chi connectivity index (χ2n) is 10.9. The Bertz CT molecular complexity index is 1590. The van der Waals surface area contributed by atoms with Crippen molar-refractivity contribution in [1.29, 1.82) is 0 Å². The minimum absolute atomic E-state index is 0.0232.